The van der Waals surface area contributed by atoms with E-state index >= 15 is 0 Å². The number of ether oxygens (including phenoxy) is 4. The van der Waals surface area contributed by atoms with E-state index in [0.29, 0.717) is 12.0 Å². The lowest BCUT2D eigenvalue weighted by Gasteiger charge is -2.30. The van der Waals surface area contributed by atoms with Gasteiger partial charge in [0.1, 0.15) is 6.10 Å². The Morgan fingerprint density at radius 1 is 1.12 bits per heavy atom. The van der Waals surface area contributed by atoms with Crippen LogP contribution in [0, 0.1) is 11.8 Å². The minimum atomic E-state index is -1.00. The number of hydrogen-bond acceptors (Lipinski definition) is 9. The van der Waals surface area contributed by atoms with Crippen molar-refractivity contribution in [1.29, 1.82) is 0 Å². The number of Topliss-reactive ketones (excluding diaryl/α,β-unsaturated/α-hetero) is 1. The van der Waals surface area contributed by atoms with Crippen LogP contribution in [-0.2, 0) is 33.3 Å². The number of amides is 2. The first-order valence-corrected chi connectivity index (χ1v) is 13.9. The van der Waals surface area contributed by atoms with E-state index < -0.39 is 53.9 Å². The molecule has 0 aromatic rings. The molecule has 4 N–H and O–H groups in total. The van der Waals surface area contributed by atoms with Crippen LogP contribution in [0.5, 0.6) is 0 Å². The molecule has 1 aliphatic heterocycles. The lowest BCUT2D eigenvalue weighted by atomic mass is 9.85. The first-order valence-electron chi connectivity index (χ1n) is 13.9. The molecule has 11 heteroatoms. The second-order valence-electron chi connectivity index (χ2n) is 11.1. The molecule has 0 spiro atoms. The second kappa shape index (κ2) is 15.6. The Balaban J connectivity index is 2.63. The summed E-state index contributed by atoms with van der Waals surface area (Å²) in [5.41, 5.74) is 6.16. The van der Waals surface area contributed by atoms with Crippen molar-refractivity contribution in [3.8, 4) is 0 Å². The predicted molar refractivity (Wildman–Crippen MR) is 156 cm³/mol. The molecule has 0 saturated heterocycles. The van der Waals surface area contributed by atoms with Gasteiger partial charge in [-0.25, -0.2) is 4.79 Å². The summed E-state index contributed by atoms with van der Waals surface area (Å²) in [5.74, 6) is -2.34. The Morgan fingerprint density at radius 3 is 2.36 bits per heavy atom. The second-order valence-corrected chi connectivity index (χ2v) is 11.1. The summed E-state index contributed by atoms with van der Waals surface area (Å²) in [6.07, 6.45) is 3.28. The number of ketones is 2. The molecule has 2 bridgehead atoms. The number of allylic oxidation sites excluding steroid dienone is 4. The molecule has 0 fully saturated rings. The molecule has 42 heavy (non-hydrogen) atoms. The SMILES string of the molecule is CO[C@H]1/C=C\C=C(/C)C(=O)NC2=CC(=O)C(OC(C)C)=C(C[C@@H](C)C[C@H](OC)[C@H](O)[C@@H](C)/C=C(\C)[C@@H]1OC(N)=O)C2=O. The summed E-state index contributed by atoms with van der Waals surface area (Å²) in [7, 11) is 2.91. The zero-order valence-corrected chi connectivity index (χ0v) is 25.6. The van der Waals surface area contributed by atoms with Gasteiger partial charge in [-0.2, -0.15) is 0 Å². The lowest BCUT2D eigenvalue weighted by molar-refractivity contribution is -0.121. The lowest BCUT2D eigenvalue weighted by Crippen LogP contribution is -2.37. The average Bonchev–Trinajstić information content (AvgIpc) is 2.91. The Labute approximate surface area is 247 Å². The van der Waals surface area contributed by atoms with Crippen LogP contribution in [0.1, 0.15) is 54.4 Å². The summed E-state index contributed by atoms with van der Waals surface area (Å²) < 4.78 is 22.3. The highest BCUT2D eigenvalue weighted by molar-refractivity contribution is 6.23. The van der Waals surface area contributed by atoms with Gasteiger partial charge in [0.25, 0.3) is 5.91 Å². The molecule has 232 valence electrons. The number of aliphatic hydroxyl groups excluding tert-OH is 1. The van der Waals surface area contributed by atoms with Gasteiger partial charge < -0.3 is 35.1 Å². The van der Waals surface area contributed by atoms with Crippen LogP contribution in [0.2, 0.25) is 0 Å². The maximum atomic E-state index is 13.5. The topological polar surface area (TPSA) is 163 Å². The van der Waals surface area contributed by atoms with E-state index in [1.807, 2.05) is 6.92 Å². The Bertz CT molecular complexity index is 1190. The molecule has 1 aliphatic carbocycles. The van der Waals surface area contributed by atoms with Crippen molar-refractivity contribution in [1.82, 2.24) is 5.32 Å². The van der Waals surface area contributed by atoms with Crippen molar-refractivity contribution in [3.05, 3.63) is 58.6 Å². The highest BCUT2D eigenvalue weighted by Crippen LogP contribution is 2.30. The van der Waals surface area contributed by atoms with Crippen LogP contribution in [-0.4, -0.2) is 73.4 Å². The highest BCUT2D eigenvalue weighted by Gasteiger charge is 2.34. The molecule has 11 nitrogen and oxygen atoms in total. The first-order chi connectivity index (χ1) is 19.7. The molecule has 0 aromatic carbocycles. The van der Waals surface area contributed by atoms with E-state index in [0.717, 1.165) is 6.08 Å². The average molecular weight is 589 g/mol. The molecular formula is C31H44N2O9. The van der Waals surface area contributed by atoms with E-state index in [9.17, 15) is 24.3 Å². The molecule has 2 rings (SSSR count). The highest BCUT2D eigenvalue weighted by atomic mass is 16.6. The van der Waals surface area contributed by atoms with E-state index in [1.54, 1.807) is 52.8 Å². The zero-order chi connectivity index (χ0) is 31.7. The number of fused-ring (bicyclic) bond motifs is 2. The van der Waals surface area contributed by atoms with Crippen molar-refractivity contribution >= 4 is 23.6 Å². The Kier molecular flexibility index (Phi) is 12.9. The summed E-state index contributed by atoms with van der Waals surface area (Å²) in [4.78, 5) is 51.3. The summed E-state index contributed by atoms with van der Waals surface area (Å²) in [6.45, 7) is 10.5. The molecule has 0 radical (unpaired) electrons. The zero-order valence-electron chi connectivity index (χ0n) is 25.6. The molecule has 0 unspecified atom stereocenters. The van der Waals surface area contributed by atoms with Crippen molar-refractivity contribution in [2.75, 3.05) is 14.2 Å². The third-order valence-corrected chi connectivity index (χ3v) is 7.10. The number of carbonyl (C=O) groups excluding carboxylic acids is 4. The van der Waals surface area contributed by atoms with Crippen molar-refractivity contribution in [3.63, 3.8) is 0 Å². The van der Waals surface area contributed by atoms with Crippen LogP contribution in [0.3, 0.4) is 0 Å². The van der Waals surface area contributed by atoms with Gasteiger partial charge in [0.2, 0.25) is 11.6 Å². The van der Waals surface area contributed by atoms with Crippen LogP contribution in [0.25, 0.3) is 0 Å². The fourth-order valence-corrected chi connectivity index (χ4v) is 4.92. The van der Waals surface area contributed by atoms with Gasteiger partial charge in [-0.15, -0.1) is 0 Å². The minimum Gasteiger partial charge on any atom is -0.486 e. The number of hydrogen-bond donors (Lipinski definition) is 3. The molecule has 2 amide bonds. The molecule has 0 aromatic heterocycles. The van der Waals surface area contributed by atoms with Crippen molar-refractivity contribution in [2.45, 2.75) is 84.9 Å². The van der Waals surface area contributed by atoms with Gasteiger partial charge in [-0.3, -0.25) is 14.4 Å². The third-order valence-electron chi connectivity index (χ3n) is 7.10. The maximum absolute atomic E-state index is 13.5. The van der Waals surface area contributed by atoms with Crippen LogP contribution >= 0.6 is 0 Å². The number of nitrogens with two attached hydrogens (primary N) is 1. The predicted octanol–water partition coefficient (Wildman–Crippen LogP) is 3.19. The van der Waals surface area contributed by atoms with Gasteiger partial charge in [-0.05, 0) is 52.0 Å². The quantitative estimate of drug-likeness (QED) is 0.323. The number of aliphatic hydroxyl groups is 1. The number of methoxy groups -OCH3 is 2. The molecular weight excluding hydrogens is 544 g/mol. The van der Waals surface area contributed by atoms with Gasteiger partial charge in [0.05, 0.1) is 24.0 Å². The summed E-state index contributed by atoms with van der Waals surface area (Å²) in [6, 6.07) is 0. The molecule has 6 atom stereocenters. The Hall–Kier alpha value is -3.54. The van der Waals surface area contributed by atoms with E-state index in [4.69, 9.17) is 24.7 Å². The fraction of sp³-hybridized carbons (Fsp3) is 0.548. The molecule has 1 heterocycles. The summed E-state index contributed by atoms with van der Waals surface area (Å²) in [5, 5.41) is 13.8. The van der Waals surface area contributed by atoms with E-state index in [2.05, 4.69) is 5.32 Å². The smallest absolute Gasteiger partial charge is 0.405 e. The molecule has 2 aliphatic rings. The normalized spacial score (nSPS) is 31.9. The number of carbonyl (C=O) groups is 4. The van der Waals surface area contributed by atoms with Gasteiger partial charge in [0, 0.05) is 37.4 Å². The summed E-state index contributed by atoms with van der Waals surface area (Å²) >= 11 is 0. The minimum absolute atomic E-state index is 0.0477. The standard InChI is InChI=1S/C31H44N2O9/c1-16(2)41-29-21-12-17(3)13-25(40-8)26(35)19(5)14-20(6)28(42-31(32)38)24(39-7)11-9-10-18(4)30(37)33-22(27(21)36)15-23(29)34/h9-11,14-17,19,24-26,28,35H,12-13H2,1-8H3,(H2,32,38)(H,33,37)/b11-9-,18-10+,20-14+/t17-,19+,24+,25+,26-,28+/m1/s1. The molecule has 0 saturated carbocycles. The largest absolute Gasteiger partial charge is 0.486 e. The van der Waals surface area contributed by atoms with Crippen LogP contribution < -0.4 is 11.1 Å². The third kappa shape index (κ3) is 9.23. The number of primary amides is 1. The van der Waals surface area contributed by atoms with Crippen LogP contribution in [0.15, 0.2) is 58.6 Å². The van der Waals surface area contributed by atoms with E-state index in [1.165, 1.54) is 20.3 Å². The van der Waals surface area contributed by atoms with Crippen LogP contribution in [0.4, 0.5) is 4.79 Å². The van der Waals surface area contributed by atoms with Gasteiger partial charge >= 0.3 is 6.09 Å². The maximum Gasteiger partial charge on any atom is 0.405 e. The van der Waals surface area contributed by atoms with Crippen molar-refractivity contribution in [2.24, 2.45) is 17.6 Å². The first kappa shape index (κ1) is 34.7. The Morgan fingerprint density at radius 2 is 1.79 bits per heavy atom. The van der Waals surface area contributed by atoms with Crippen molar-refractivity contribution < 1.29 is 43.2 Å². The fourth-order valence-electron chi connectivity index (χ4n) is 4.92. The van der Waals surface area contributed by atoms with E-state index in [-0.39, 0.29) is 41.0 Å². The number of nitrogens with one attached hydrogen (secondary N) is 1. The monoisotopic (exact) mass is 588 g/mol. The van der Waals surface area contributed by atoms with Gasteiger partial charge in [-0.1, -0.05) is 38.2 Å². The number of rotatable bonds is 5. The van der Waals surface area contributed by atoms with Gasteiger partial charge in [0.15, 0.2) is 11.9 Å².